The number of guanidine groups is 1. The smallest absolute Gasteiger partial charge is 0.193 e. The van der Waals surface area contributed by atoms with Gasteiger partial charge in [-0.3, -0.25) is 4.99 Å². The van der Waals surface area contributed by atoms with E-state index in [1.165, 1.54) is 0 Å². The maximum absolute atomic E-state index is 13.5. The van der Waals surface area contributed by atoms with Gasteiger partial charge in [0.05, 0.1) is 13.2 Å². The minimum Gasteiger partial charge on any atom is -0.490 e. The topological polar surface area (TPSA) is 68.9 Å². The van der Waals surface area contributed by atoms with Crippen molar-refractivity contribution in [2.75, 3.05) is 25.1 Å². The van der Waals surface area contributed by atoms with Crippen LogP contribution in [0.2, 0.25) is 0 Å². The molecular formula is C18H20F2IN3O2. The van der Waals surface area contributed by atoms with Crippen molar-refractivity contribution in [3.63, 3.8) is 0 Å². The van der Waals surface area contributed by atoms with Crippen molar-refractivity contribution in [2.24, 2.45) is 10.7 Å². The van der Waals surface area contributed by atoms with E-state index < -0.39 is 11.6 Å². The fraction of sp³-hybridized carbons (Fsp3) is 0.278. The summed E-state index contributed by atoms with van der Waals surface area (Å²) in [6, 6.07) is 8.75. The Kier molecular flexibility index (Phi) is 7.43. The molecule has 0 aliphatic carbocycles. The molecule has 0 saturated heterocycles. The summed E-state index contributed by atoms with van der Waals surface area (Å²) in [7, 11) is 0. The van der Waals surface area contributed by atoms with Crippen LogP contribution in [0, 0.1) is 11.6 Å². The van der Waals surface area contributed by atoms with Gasteiger partial charge in [0, 0.05) is 24.7 Å². The van der Waals surface area contributed by atoms with Crippen molar-refractivity contribution in [3.05, 3.63) is 53.6 Å². The van der Waals surface area contributed by atoms with Crippen LogP contribution in [0.1, 0.15) is 12.0 Å². The summed E-state index contributed by atoms with van der Waals surface area (Å²) in [5.74, 6) is 0.605. The molecule has 5 nitrogen and oxygen atoms in total. The number of hydrogen-bond acceptors (Lipinski definition) is 3. The highest BCUT2D eigenvalue weighted by atomic mass is 127. The van der Waals surface area contributed by atoms with E-state index in [-0.39, 0.29) is 48.5 Å². The summed E-state index contributed by atoms with van der Waals surface area (Å²) in [5, 5.41) is 2.95. The van der Waals surface area contributed by atoms with E-state index in [4.69, 9.17) is 15.2 Å². The molecule has 3 rings (SSSR count). The monoisotopic (exact) mass is 475 g/mol. The molecule has 140 valence electrons. The predicted octanol–water partition coefficient (Wildman–Crippen LogP) is 3.71. The Bertz CT molecular complexity index is 787. The minimum absolute atomic E-state index is 0. The Balaban J connectivity index is 0.00000243. The molecule has 3 N–H and O–H groups in total. The van der Waals surface area contributed by atoms with Gasteiger partial charge in [0.25, 0.3) is 0 Å². The van der Waals surface area contributed by atoms with Crippen LogP contribution < -0.4 is 20.5 Å². The van der Waals surface area contributed by atoms with Gasteiger partial charge in [-0.2, -0.15) is 0 Å². The van der Waals surface area contributed by atoms with Crippen molar-refractivity contribution < 1.29 is 18.3 Å². The Morgan fingerprint density at radius 2 is 1.85 bits per heavy atom. The highest BCUT2D eigenvalue weighted by Gasteiger charge is 2.11. The maximum atomic E-state index is 13.5. The predicted molar refractivity (Wildman–Crippen MR) is 108 cm³/mol. The van der Waals surface area contributed by atoms with Crippen LogP contribution in [-0.4, -0.2) is 25.7 Å². The molecule has 0 unspecified atom stereocenters. The third-order valence-electron chi connectivity index (χ3n) is 3.69. The van der Waals surface area contributed by atoms with E-state index in [0.717, 1.165) is 24.6 Å². The lowest BCUT2D eigenvalue weighted by Gasteiger charge is -2.10. The quantitative estimate of drug-likeness (QED) is 0.402. The SMILES string of the molecule is I.NC(=NCCc1cc(F)ccc1F)Nc1ccc2c(c1)OCCCO2. The maximum Gasteiger partial charge on any atom is 0.193 e. The number of fused-ring (bicyclic) bond motifs is 1. The van der Waals surface area contributed by atoms with Gasteiger partial charge in [0.2, 0.25) is 0 Å². The molecule has 0 radical (unpaired) electrons. The van der Waals surface area contributed by atoms with Crippen LogP contribution in [-0.2, 0) is 6.42 Å². The Hall–Kier alpha value is -2.10. The van der Waals surface area contributed by atoms with E-state index in [1.54, 1.807) is 12.1 Å². The van der Waals surface area contributed by atoms with E-state index in [9.17, 15) is 8.78 Å². The second-order valence-electron chi connectivity index (χ2n) is 5.59. The van der Waals surface area contributed by atoms with E-state index >= 15 is 0 Å². The number of halogens is 3. The molecule has 0 bridgehead atoms. The molecule has 0 amide bonds. The number of benzene rings is 2. The van der Waals surface area contributed by atoms with Crippen molar-refractivity contribution in [1.29, 1.82) is 0 Å². The molecular weight excluding hydrogens is 455 g/mol. The summed E-state index contributed by atoms with van der Waals surface area (Å²) >= 11 is 0. The van der Waals surface area contributed by atoms with Crippen molar-refractivity contribution in [1.82, 2.24) is 0 Å². The van der Waals surface area contributed by atoms with Crippen LogP contribution in [0.3, 0.4) is 0 Å². The zero-order chi connectivity index (χ0) is 17.6. The molecule has 2 aromatic carbocycles. The Morgan fingerprint density at radius 1 is 1.08 bits per heavy atom. The Labute approximate surface area is 167 Å². The summed E-state index contributed by atoms with van der Waals surface area (Å²) in [5.41, 5.74) is 6.82. The molecule has 0 spiro atoms. The third kappa shape index (κ3) is 5.45. The third-order valence-corrected chi connectivity index (χ3v) is 3.69. The lowest BCUT2D eigenvalue weighted by molar-refractivity contribution is 0.297. The van der Waals surface area contributed by atoms with Gasteiger partial charge in [-0.05, 0) is 42.3 Å². The van der Waals surface area contributed by atoms with Gasteiger partial charge in [0.15, 0.2) is 17.5 Å². The fourth-order valence-corrected chi connectivity index (χ4v) is 2.46. The van der Waals surface area contributed by atoms with Crippen LogP contribution in [0.5, 0.6) is 11.5 Å². The highest BCUT2D eigenvalue weighted by molar-refractivity contribution is 14.0. The lowest BCUT2D eigenvalue weighted by atomic mass is 10.1. The van der Waals surface area contributed by atoms with Gasteiger partial charge in [0.1, 0.15) is 11.6 Å². The minimum atomic E-state index is -0.473. The number of ether oxygens (including phenoxy) is 2. The van der Waals surface area contributed by atoms with E-state index in [2.05, 4.69) is 10.3 Å². The number of rotatable bonds is 4. The average molecular weight is 475 g/mol. The summed E-state index contributed by atoms with van der Waals surface area (Å²) < 4.78 is 37.8. The first-order chi connectivity index (χ1) is 12.1. The van der Waals surface area contributed by atoms with E-state index in [0.29, 0.717) is 30.4 Å². The first-order valence-corrected chi connectivity index (χ1v) is 8.02. The van der Waals surface area contributed by atoms with Gasteiger partial charge in [-0.1, -0.05) is 0 Å². The molecule has 0 aromatic heterocycles. The number of nitrogens with zero attached hydrogens (tertiary/aromatic N) is 1. The molecule has 2 aromatic rings. The summed E-state index contributed by atoms with van der Waals surface area (Å²) in [6.07, 6.45) is 1.09. The average Bonchev–Trinajstić information content (AvgIpc) is 2.83. The second kappa shape index (κ2) is 9.56. The highest BCUT2D eigenvalue weighted by Crippen LogP contribution is 2.32. The fourth-order valence-electron chi connectivity index (χ4n) is 2.46. The van der Waals surface area contributed by atoms with Crippen LogP contribution in [0.25, 0.3) is 0 Å². The number of hydrogen-bond donors (Lipinski definition) is 2. The second-order valence-corrected chi connectivity index (χ2v) is 5.59. The zero-order valence-corrected chi connectivity index (χ0v) is 16.3. The Morgan fingerprint density at radius 3 is 2.65 bits per heavy atom. The van der Waals surface area contributed by atoms with Crippen molar-refractivity contribution in [3.8, 4) is 11.5 Å². The zero-order valence-electron chi connectivity index (χ0n) is 14.0. The lowest BCUT2D eigenvalue weighted by Crippen LogP contribution is -2.23. The molecule has 8 heteroatoms. The van der Waals surface area contributed by atoms with Crippen molar-refractivity contribution in [2.45, 2.75) is 12.8 Å². The number of anilines is 1. The molecule has 1 aliphatic rings. The first kappa shape index (κ1) is 20.2. The van der Waals surface area contributed by atoms with Crippen LogP contribution in [0.15, 0.2) is 41.4 Å². The van der Waals surface area contributed by atoms with Crippen LogP contribution in [0.4, 0.5) is 14.5 Å². The van der Waals surface area contributed by atoms with E-state index in [1.807, 2.05) is 6.07 Å². The van der Waals surface area contributed by atoms with Gasteiger partial charge in [-0.15, -0.1) is 24.0 Å². The molecule has 0 atom stereocenters. The van der Waals surface area contributed by atoms with Crippen LogP contribution >= 0.6 is 24.0 Å². The number of aliphatic imine (C=N–C) groups is 1. The standard InChI is InChI=1S/C18H19F2N3O2.HI/c19-13-2-4-15(20)12(10-13)6-7-22-18(21)23-14-3-5-16-17(11-14)25-9-1-8-24-16;/h2-5,10-11H,1,6-9H2,(H3,21,22,23);1H. The molecule has 1 heterocycles. The number of nitrogens with two attached hydrogens (primary N) is 1. The first-order valence-electron chi connectivity index (χ1n) is 8.02. The van der Waals surface area contributed by atoms with Crippen molar-refractivity contribution >= 4 is 35.6 Å². The summed E-state index contributed by atoms with van der Waals surface area (Å²) in [6.45, 7) is 1.46. The molecule has 0 fully saturated rings. The summed E-state index contributed by atoms with van der Waals surface area (Å²) in [4.78, 5) is 4.14. The largest absolute Gasteiger partial charge is 0.490 e. The van der Waals surface area contributed by atoms with Gasteiger partial charge in [-0.25, -0.2) is 8.78 Å². The van der Waals surface area contributed by atoms with Gasteiger partial charge >= 0.3 is 0 Å². The number of nitrogens with one attached hydrogen (secondary N) is 1. The molecule has 0 saturated carbocycles. The molecule has 26 heavy (non-hydrogen) atoms. The normalized spacial score (nSPS) is 13.5. The van der Waals surface area contributed by atoms with Gasteiger partial charge < -0.3 is 20.5 Å². The molecule has 1 aliphatic heterocycles.